The topological polar surface area (TPSA) is 58.3 Å². The van der Waals surface area contributed by atoms with Crippen LogP contribution in [0.1, 0.15) is 33.3 Å². The van der Waals surface area contributed by atoms with Crippen LogP contribution < -0.4 is 5.46 Å². The third-order valence-electron chi connectivity index (χ3n) is 3.34. The highest BCUT2D eigenvalue weighted by molar-refractivity contribution is 6.31. The summed E-state index contributed by atoms with van der Waals surface area (Å²) in [5.74, 6) is 0. The lowest BCUT2D eigenvalue weighted by Crippen LogP contribution is -2.44. The van der Waals surface area contributed by atoms with E-state index < -0.39 is 11.2 Å². The summed E-state index contributed by atoms with van der Waals surface area (Å²) in [6.07, 6.45) is 3.48. The largest absolute Gasteiger partial charge is 0.387 e. The van der Waals surface area contributed by atoms with Gasteiger partial charge < -0.3 is 10.2 Å². The van der Waals surface area contributed by atoms with E-state index in [1.54, 1.807) is 33.9 Å². The number of hydrogen-bond acceptors (Lipinski definition) is 3. The third-order valence-corrected chi connectivity index (χ3v) is 3.34. The van der Waals surface area contributed by atoms with Crippen LogP contribution in [0.2, 0.25) is 0 Å². The lowest BCUT2D eigenvalue weighted by Gasteiger charge is -2.31. The summed E-state index contributed by atoms with van der Waals surface area (Å²) in [5, 5.41) is 22.3. The molecule has 1 aromatic carbocycles. The molecule has 0 spiro atoms. The molecule has 0 fully saturated rings. The molecule has 1 heterocycles. The smallest absolute Gasteiger partial charge is 0.118 e. The molecule has 0 bridgehead atoms. The molecule has 5 heteroatoms. The number of hydrogen-bond donors (Lipinski definition) is 2. The molecule has 0 aliphatic heterocycles. The van der Waals surface area contributed by atoms with Crippen LogP contribution in [0.5, 0.6) is 0 Å². The summed E-state index contributed by atoms with van der Waals surface area (Å²) >= 11 is 0. The maximum atomic E-state index is 9.10. The number of aromatic nitrogens is 2. The molecule has 21 heavy (non-hydrogen) atoms. The van der Waals surface area contributed by atoms with Gasteiger partial charge in [-0.3, -0.25) is 4.68 Å². The van der Waals surface area contributed by atoms with E-state index in [9.17, 15) is 0 Å². The first-order valence-corrected chi connectivity index (χ1v) is 6.86. The lowest BCUT2D eigenvalue weighted by atomic mass is 9.90. The van der Waals surface area contributed by atoms with Crippen molar-refractivity contribution in [1.82, 2.24) is 9.78 Å². The second kappa shape index (κ2) is 6.92. The molecule has 2 N–H and O–H groups in total. The molecule has 0 saturated carbocycles. The van der Waals surface area contributed by atoms with Gasteiger partial charge in [0.2, 0.25) is 0 Å². The Bertz CT molecular complexity index is 527. The Morgan fingerprint density at radius 1 is 1.05 bits per heavy atom. The molecule has 2 rings (SSSR count). The molecule has 112 valence electrons. The van der Waals surface area contributed by atoms with Gasteiger partial charge in [-0.25, -0.2) is 0 Å². The van der Waals surface area contributed by atoms with Gasteiger partial charge in [-0.1, -0.05) is 35.8 Å². The van der Waals surface area contributed by atoms with Gasteiger partial charge in [0.25, 0.3) is 0 Å². The predicted molar refractivity (Wildman–Crippen MR) is 85.8 cm³/mol. The molecule has 0 unspecified atom stereocenters. The van der Waals surface area contributed by atoms with Crippen LogP contribution in [-0.4, -0.2) is 39.0 Å². The summed E-state index contributed by atoms with van der Waals surface area (Å²) in [5.41, 5.74) is -0.0819. The van der Waals surface area contributed by atoms with E-state index >= 15 is 0 Å². The minimum Gasteiger partial charge on any atom is -0.387 e. The number of aliphatic hydroxyl groups is 2. The van der Waals surface area contributed by atoms with Crippen molar-refractivity contribution in [2.45, 2.75) is 45.4 Å². The summed E-state index contributed by atoms with van der Waals surface area (Å²) in [4.78, 5) is 0. The number of rotatable bonds is 3. The fourth-order valence-electron chi connectivity index (χ4n) is 1.24. The Morgan fingerprint density at radius 2 is 1.57 bits per heavy atom. The van der Waals surface area contributed by atoms with E-state index in [2.05, 4.69) is 17.2 Å². The van der Waals surface area contributed by atoms with E-state index in [0.29, 0.717) is 5.46 Å². The molecule has 0 amide bonds. The molecule has 4 nitrogen and oxygen atoms in total. The standard InChI is InChI=1S/C10H9BN2.C6H14O2/c11-10-6-12-13(8-10)7-9-4-2-1-3-5-9;1-5(2,7)6(3,4)8/h1-6,8H,7H2;7-8H,1-4H3. The van der Waals surface area contributed by atoms with Crippen molar-refractivity contribution in [2.75, 3.05) is 0 Å². The molecular weight excluding hydrogens is 263 g/mol. The van der Waals surface area contributed by atoms with Crippen LogP contribution in [-0.2, 0) is 6.54 Å². The van der Waals surface area contributed by atoms with Gasteiger partial charge in [0.1, 0.15) is 7.85 Å². The van der Waals surface area contributed by atoms with Gasteiger partial charge in [0.15, 0.2) is 0 Å². The summed E-state index contributed by atoms with van der Waals surface area (Å²) in [6, 6.07) is 10.2. The van der Waals surface area contributed by atoms with Crippen molar-refractivity contribution in [3.05, 3.63) is 48.3 Å². The first-order chi connectivity index (χ1) is 9.59. The second-order valence-corrected chi connectivity index (χ2v) is 6.07. The van der Waals surface area contributed by atoms with Crippen LogP contribution in [0.4, 0.5) is 0 Å². The first-order valence-electron chi connectivity index (χ1n) is 6.86. The normalized spacial score (nSPS) is 11.7. The fourth-order valence-corrected chi connectivity index (χ4v) is 1.24. The quantitative estimate of drug-likeness (QED) is 0.835. The summed E-state index contributed by atoms with van der Waals surface area (Å²) in [6.45, 7) is 7.08. The molecule has 0 saturated heterocycles. The molecule has 2 aromatic rings. The van der Waals surface area contributed by atoms with Gasteiger partial charge in [-0.05, 0) is 33.3 Å². The number of nitrogens with zero attached hydrogens (tertiary/aromatic N) is 2. The Hall–Kier alpha value is -1.59. The Balaban J connectivity index is 0.000000240. The Morgan fingerprint density at radius 3 is 1.95 bits per heavy atom. The van der Waals surface area contributed by atoms with Crippen LogP contribution in [0.25, 0.3) is 0 Å². The van der Waals surface area contributed by atoms with E-state index in [0.717, 1.165) is 6.54 Å². The van der Waals surface area contributed by atoms with Gasteiger partial charge in [0.05, 0.1) is 17.7 Å². The lowest BCUT2D eigenvalue weighted by molar-refractivity contribution is -0.107. The minimum atomic E-state index is -1.01. The SMILES string of the molecule is CC(C)(O)C(C)(C)O.[B]c1cnn(Cc2ccccc2)c1. The molecule has 0 aliphatic carbocycles. The highest BCUT2D eigenvalue weighted by Gasteiger charge is 2.31. The van der Waals surface area contributed by atoms with Gasteiger partial charge in [-0.2, -0.15) is 5.10 Å². The van der Waals surface area contributed by atoms with Crippen LogP contribution in [0, 0.1) is 0 Å². The highest BCUT2D eigenvalue weighted by atomic mass is 16.3. The molecule has 0 aliphatic rings. The van der Waals surface area contributed by atoms with Gasteiger partial charge >= 0.3 is 0 Å². The number of benzene rings is 1. The van der Waals surface area contributed by atoms with Crippen molar-refractivity contribution in [3.8, 4) is 0 Å². The fraction of sp³-hybridized carbons (Fsp3) is 0.438. The minimum absolute atomic E-state index is 0.705. The highest BCUT2D eigenvalue weighted by Crippen LogP contribution is 2.19. The van der Waals surface area contributed by atoms with Crippen molar-refractivity contribution in [2.24, 2.45) is 0 Å². The molecule has 0 atom stereocenters. The van der Waals surface area contributed by atoms with Crippen molar-refractivity contribution >= 4 is 13.3 Å². The zero-order chi connectivity index (χ0) is 16.1. The second-order valence-electron chi connectivity index (χ2n) is 6.07. The zero-order valence-corrected chi connectivity index (χ0v) is 13.1. The monoisotopic (exact) mass is 286 g/mol. The average Bonchev–Trinajstić information content (AvgIpc) is 2.74. The van der Waals surface area contributed by atoms with Crippen molar-refractivity contribution in [3.63, 3.8) is 0 Å². The maximum Gasteiger partial charge on any atom is 0.118 e. The Labute approximate surface area is 127 Å². The van der Waals surface area contributed by atoms with E-state index in [4.69, 9.17) is 18.1 Å². The molecule has 1 aromatic heterocycles. The zero-order valence-electron chi connectivity index (χ0n) is 13.1. The summed E-state index contributed by atoms with van der Waals surface area (Å²) in [7, 11) is 5.55. The van der Waals surface area contributed by atoms with Crippen LogP contribution in [0.3, 0.4) is 0 Å². The summed E-state index contributed by atoms with van der Waals surface area (Å²) < 4.78 is 1.82. The Kier molecular flexibility index (Phi) is 5.75. The van der Waals surface area contributed by atoms with Gasteiger partial charge in [0, 0.05) is 12.4 Å². The van der Waals surface area contributed by atoms with Crippen LogP contribution >= 0.6 is 0 Å². The van der Waals surface area contributed by atoms with E-state index in [-0.39, 0.29) is 0 Å². The van der Waals surface area contributed by atoms with Crippen molar-refractivity contribution in [1.29, 1.82) is 0 Å². The van der Waals surface area contributed by atoms with Crippen LogP contribution in [0.15, 0.2) is 42.7 Å². The molecule has 2 radical (unpaired) electrons. The first kappa shape index (κ1) is 17.5. The van der Waals surface area contributed by atoms with E-state index in [1.807, 2.05) is 29.1 Å². The average molecular weight is 286 g/mol. The van der Waals surface area contributed by atoms with Gasteiger partial charge in [-0.15, -0.1) is 0 Å². The maximum absolute atomic E-state index is 9.10. The van der Waals surface area contributed by atoms with Crippen molar-refractivity contribution < 1.29 is 10.2 Å². The molecular formula is C16H23BN2O2. The predicted octanol–water partition coefficient (Wildman–Crippen LogP) is 1.25. The third kappa shape index (κ3) is 6.15. The van der Waals surface area contributed by atoms with E-state index in [1.165, 1.54) is 5.56 Å².